The Kier molecular flexibility index (Phi) is 3.99. The first-order valence-corrected chi connectivity index (χ1v) is 7.14. The summed E-state index contributed by atoms with van der Waals surface area (Å²) < 4.78 is 17.3. The molecule has 0 unspecified atom stereocenters. The highest BCUT2D eigenvalue weighted by molar-refractivity contribution is 7.85. The van der Waals surface area contributed by atoms with Crippen LogP contribution in [0.4, 0.5) is 0 Å². The number of benzene rings is 1. The van der Waals surface area contributed by atoms with Gasteiger partial charge in [0.1, 0.15) is 5.75 Å². The zero-order chi connectivity index (χ0) is 11.4. The third-order valence-corrected chi connectivity index (χ3v) is 4.72. The number of hydrogen-bond acceptors (Lipinski definition) is 2. The van der Waals surface area contributed by atoms with Crippen molar-refractivity contribution in [2.75, 3.05) is 12.9 Å². The van der Waals surface area contributed by atoms with E-state index >= 15 is 0 Å². The van der Waals surface area contributed by atoms with Crippen LogP contribution in [0.3, 0.4) is 0 Å². The van der Waals surface area contributed by atoms with Gasteiger partial charge in [0, 0.05) is 10.6 Å². The molecule has 1 atom stereocenters. The molecule has 1 aromatic carbocycles. The van der Waals surface area contributed by atoms with E-state index in [1.54, 1.807) is 7.11 Å². The van der Waals surface area contributed by atoms with E-state index in [1.165, 1.54) is 25.7 Å². The third-order valence-electron chi connectivity index (χ3n) is 3.17. The molecule has 88 valence electrons. The Labute approximate surface area is 99.5 Å². The van der Waals surface area contributed by atoms with Crippen molar-refractivity contribution in [3.63, 3.8) is 0 Å². The molecule has 2 nitrogen and oxygen atoms in total. The van der Waals surface area contributed by atoms with E-state index in [0.717, 1.165) is 16.4 Å². The maximum absolute atomic E-state index is 12.1. The molecule has 0 heterocycles. The van der Waals surface area contributed by atoms with Crippen molar-refractivity contribution < 1.29 is 8.95 Å². The van der Waals surface area contributed by atoms with Gasteiger partial charge in [-0.05, 0) is 37.0 Å². The Morgan fingerprint density at radius 2 is 2.12 bits per heavy atom. The average Bonchev–Trinajstić information content (AvgIpc) is 2.82. The maximum Gasteiger partial charge on any atom is 0.120 e. The van der Waals surface area contributed by atoms with Crippen LogP contribution < -0.4 is 4.74 Å². The molecule has 2 rings (SSSR count). The molecular formula is C13H18O2S. The normalized spacial score (nSPS) is 18.6. The topological polar surface area (TPSA) is 26.3 Å². The molecule has 1 aromatic rings. The van der Waals surface area contributed by atoms with Gasteiger partial charge in [-0.2, -0.15) is 0 Å². The Morgan fingerprint density at radius 3 is 2.81 bits per heavy atom. The summed E-state index contributed by atoms with van der Waals surface area (Å²) in [6, 6.07) is 7.59. The fourth-order valence-electron chi connectivity index (χ4n) is 2.23. The second-order valence-corrected chi connectivity index (χ2v) is 5.84. The zero-order valence-corrected chi connectivity index (χ0v) is 10.5. The van der Waals surface area contributed by atoms with Gasteiger partial charge in [-0.15, -0.1) is 0 Å². The lowest BCUT2D eigenvalue weighted by Gasteiger charge is -2.09. The molecule has 1 aliphatic rings. The fourth-order valence-corrected chi connectivity index (χ4v) is 3.66. The first kappa shape index (κ1) is 11.6. The second-order valence-electron chi connectivity index (χ2n) is 4.34. The van der Waals surface area contributed by atoms with Gasteiger partial charge >= 0.3 is 0 Å². The van der Waals surface area contributed by atoms with Crippen LogP contribution in [0.15, 0.2) is 29.2 Å². The molecule has 1 saturated carbocycles. The van der Waals surface area contributed by atoms with Crippen LogP contribution in [0, 0.1) is 5.92 Å². The molecule has 3 heteroatoms. The van der Waals surface area contributed by atoms with Crippen molar-refractivity contribution in [1.82, 2.24) is 0 Å². The van der Waals surface area contributed by atoms with E-state index < -0.39 is 10.8 Å². The SMILES string of the molecule is COc1cccc([S@@](=O)CC2CCCC2)c1. The largest absolute Gasteiger partial charge is 0.497 e. The van der Waals surface area contributed by atoms with Crippen LogP contribution in [-0.2, 0) is 10.8 Å². The molecule has 16 heavy (non-hydrogen) atoms. The molecule has 0 radical (unpaired) electrons. The minimum absolute atomic E-state index is 0.659. The summed E-state index contributed by atoms with van der Waals surface area (Å²) in [7, 11) is 0.773. The zero-order valence-electron chi connectivity index (χ0n) is 9.65. The van der Waals surface area contributed by atoms with Crippen molar-refractivity contribution in [2.45, 2.75) is 30.6 Å². The lowest BCUT2D eigenvalue weighted by molar-refractivity contribution is 0.413. The van der Waals surface area contributed by atoms with E-state index in [9.17, 15) is 4.21 Å². The monoisotopic (exact) mass is 238 g/mol. The average molecular weight is 238 g/mol. The fraction of sp³-hybridized carbons (Fsp3) is 0.538. The first-order chi connectivity index (χ1) is 7.79. The van der Waals surface area contributed by atoms with Crippen LogP contribution in [0.5, 0.6) is 5.75 Å². The number of rotatable bonds is 4. The van der Waals surface area contributed by atoms with Crippen molar-refractivity contribution in [3.05, 3.63) is 24.3 Å². The Morgan fingerprint density at radius 1 is 1.38 bits per heavy atom. The van der Waals surface area contributed by atoms with Crippen LogP contribution >= 0.6 is 0 Å². The minimum Gasteiger partial charge on any atom is -0.497 e. The Hall–Kier alpha value is -0.830. The van der Waals surface area contributed by atoms with Gasteiger partial charge in [-0.3, -0.25) is 4.21 Å². The number of methoxy groups -OCH3 is 1. The minimum atomic E-state index is -0.865. The Bertz CT molecular complexity index is 370. The number of hydrogen-bond donors (Lipinski definition) is 0. The van der Waals surface area contributed by atoms with Gasteiger partial charge in [0.15, 0.2) is 0 Å². The highest BCUT2D eigenvalue weighted by Crippen LogP contribution is 2.27. The predicted molar refractivity (Wildman–Crippen MR) is 66.2 cm³/mol. The van der Waals surface area contributed by atoms with Crippen molar-refractivity contribution in [1.29, 1.82) is 0 Å². The predicted octanol–water partition coefficient (Wildman–Crippen LogP) is 2.99. The van der Waals surface area contributed by atoms with E-state index in [2.05, 4.69) is 0 Å². The second kappa shape index (κ2) is 5.48. The molecule has 0 saturated heterocycles. The summed E-state index contributed by atoms with van der Waals surface area (Å²) in [5, 5.41) is 0. The van der Waals surface area contributed by atoms with Crippen LogP contribution in [0.1, 0.15) is 25.7 Å². The molecule has 0 aromatic heterocycles. The summed E-state index contributed by atoms with van der Waals surface area (Å²) in [6.45, 7) is 0. The van der Waals surface area contributed by atoms with Crippen molar-refractivity contribution in [2.24, 2.45) is 5.92 Å². The van der Waals surface area contributed by atoms with E-state index in [0.29, 0.717) is 5.92 Å². The van der Waals surface area contributed by atoms with Gasteiger partial charge in [-0.25, -0.2) is 0 Å². The van der Waals surface area contributed by atoms with Gasteiger partial charge in [0.2, 0.25) is 0 Å². The van der Waals surface area contributed by atoms with Crippen molar-refractivity contribution >= 4 is 10.8 Å². The standard InChI is InChI=1S/C13H18O2S/c1-15-12-7-4-8-13(9-12)16(14)10-11-5-2-3-6-11/h4,7-9,11H,2-3,5-6,10H2,1H3/t16-/m0/s1. The first-order valence-electron chi connectivity index (χ1n) is 5.82. The van der Waals surface area contributed by atoms with Crippen LogP contribution in [0.2, 0.25) is 0 Å². The summed E-state index contributed by atoms with van der Waals surface area (Å²) in [6.07, 6.45) is 5.10. The van der Waals surface area contributed by atoms with Gasteiger partial charge in [0.25, 0.3) is 0 Å². The summed E-state index contributed by atoms with van der Waals surface area (Å²) in [5.41, 5.74) is 0. The van der Waals surface area contributed by atoms with E-state index in [-0.39, 0.29) is 0 Å². The third kappa shape index (κ3) is 2.85. The highest BCUT2D eigenvalue weighted by Gasteiger charge is 2.18. The molecule has 1 fully saturated rings. The Balaban J connectivity index is 2.01. The van der Waals surface area contributed by atoms with Crippen molar-refractivity contribution in [3.8, 4) is 5.75 Å². The smallest absolute Gasteiger partial charge is 0.120 e. The van der Waals surface area contributed by atoms with Gasteiger partial charge in [-0.1, -0.05) is 18.9 Å². The van der Waals surface area contributed by atoms with Gasteiger partial charge < -0.3 is 4.74 Å². The molecule has 0 N–H and O–H groups in total. The van der Waals surface area contributed by atoms with E-state index in [1.807, 2.05) is 24.3 Å². The highest BCUT2D eigenvalue weighted by atomic mass is 32.2. The number of ether oxygens (including phenoxy) is 1. The molecule has 0 spiro atoms. The maximum atomic E-state index is 12.1. The molecule has 1 aliphatic carbocycles. The molecule has 0 aliphatic heterocycles. The quantitative estimate of drug-likeness (QED) is 0.806. The summed E-state index contributed by atoms with van der Waals surface area (Å²) >= 11 is 0. The lowest BCUT2D eigenvalue weighted by Crippen LogP contribution is -2.07. The van der Waals surface area contributed by atoms with E-state index in [4.69, 9.17) is 4.74 Å². The lowest BCUT2D eigenvalue weighted by atomic mass is 10.1. The van der Waals surface area contributed by atoms with Gasteiger partial charge in [0.05, 0.1) is 17.9 Å². The molecule has 0 amide bonds. The molecular weight excluding hydrogens is 220 g/mol. The summed E-state index contributed by atoms with van der Waals surface area (Å²) in [4.78, 5) is 0.895. The van der Waals surface area contributed by atoms with Crippen LogP contribution in [-0.4, -0.2) is 17.1 Å². The van der Waals surface area contributed by atoms with Crippen LogP contribution in [0.25, 0.3) is 0 Å². The summed E-state index contributed by atoms with van der Waals surface area (Å²) in [5.74, 6) is 2.26. The molecule has 0 bridgehead atoms.